The van der Waals surface area contributed by atoms with E-state index < -0.39 is 0 Å². The fourth-order valence-electron chi connectivity index (χ4n) is 2.25. The Balaban J connectivity index is 2.04. The lowest BCUT2D eigenvalue weighted by molar-refractivity contribution is -0.142. The normalized spacial score (nSPS) is 13.7. The molecular formula is C17H21NO2S. The number of carbonyl (C=O) groups is 1. The van der Waals surface area contributed by atoms with Crippen LogP contribution in [-0.2, 0) is 9.53 Å². The summed E-state index contributed by atoms with van der Waals surface area (Å²) in [4.78, 5) is 14.6. The van der Waals surface area contributed by atoms with Crippen molar-refractivity contribution in [1.29, 1.82) is 0 Å². The third kappa shape index (κ3) is 4.16. The van der Waals surface area contributed by atoms with E-state index >= 15 is 0 Å². The average molecular weight is 303 g/mol. The van der Waals surface area contributed by atoms with Gasteiger partial charge in [0.05, 0.1) is 13.0 Å². The molecule has 1 aromatic carbocycles. The van der Waals surface area contributed by atoms with Crippen LogP contribution in [0.4, 0.5) is 0 Å². The topological polar surface area (TPSA) is 38.3 Å². The minimum absolute atomic E-state index is 0.205. The van der Waals surface area contributed by atoms with E-state index in [4.69, 9.17) is 4.74 Å². The van der Waals surface area contributed by atoms with Crippen molar-refractivity contribution in [1.82, 2.24) is 5.32 Å². The maximum Gasteiger partial charge on any atom is 0.314 e. The number of ether oxygens (including phenoxy) is 1. The van der Waals surface area contributed by atoms with Gasteiger partial charge < -0.3 is 10.1 Å². The van der Waals surface area contributed by atoms with Crippen molar-refractivity contribution in [2.45, 2.75) is 25.8 Å². The van der Waals surface area contributed by atoms with Gasteiger partial charge in [-0.25, -0.2) is 0 Å². The predicted molar refractivity (Wildman–Crippen MR) is 86.7 cm³/mol. The highest BCUT2D eigenvalue weighted by molar-refractivity contribution is 7.12. The van der Waals surface area contributed by atoms with Gasteiger partial charge in [-0.2, -0.15) is 0 Å². The fourth-order valence-corrected chi connectivity index (χ4v) is 3.15. The molecule has 0 bridgehead atoms. The molecule has 2 unspecified atom stereocenters. The summed E-state index contributed by atoms with van der Waals surface area (Å²) in [5.74, 6) is -0.483. The van der Waals surface area contributed by atoms with E-state index in [9.17, 15) is 4.79 Å². The number of methoxy groups -OCH3 is 1. The van der Waals surface area contributed by atoms with Crippen molar-refractivity contribution in [2.24, 2.45) is 0 Å². The molecule has 0 aliphatic carbocycles. The van der Waals surface area contributed by atoms with Crippen LogP contribution in [0.5, 0.6) is 0 Å². The number of esters is 1. The molecule has 0 fully saturated rings. The van der Waals surface area contributed by atoms with Crippen molar-refractivity contribution in [3.05, 3.63) is 57.8 Å². The Morgan fingerprint density at radius 2 is 1.95 bits per heavy atom. The van der Waals surface area contributed by atoms with Crippen LogP contribution in [0.2, 0.25) is 0 Å². The molecule has 0 saturated carbocycles. The fraction of sp³-hybridized carbons (Fsp3) is 0.353. The number of aryl methyl sites for hydroxylation is 1. The summed E-state index contributed by atoms with van der Waals surface area (Å²) in [6, 6.07) is 14.2. The number of benzene rings is 1. The first-order valence-electron chi connectivity index (χ1n) is 7.04. The molecule has 4 heteroatoms. The molecule has 112 valence electrons. The largest absolute Gasteiger partial charge is 0.469 e. The van der Waals surface area contributed by atoms with Crippen LogP contribution in [0.25, 0.3) is 0 Å². The molecule has 1 heterocycles. The van der Waals surface area contributed by atoms with E-state index in [0.29, 0.717) is 6.54 Å². The highest BCUT2D eigenvalue weighted by Gasteiger charge is 2.22. The van der Waals surface area contributed by atoms with Gasteiger partial charge in [-0.15, -0.1) is 11.3 Å². The molecule has 3 nitrogen and oxygen atoms in total. The molecule has 1 N–H and O–H groups in total. The summed E-state index contributed by atoms with van der Waals surface area (Å²) >= 11 is 1.78. The smallest absolute Gasteiger partial charge is 0.314 e. The summed E-state index contributed by atoms with van der Waals surface area (Å²) in [6.07, 6.45) is 0. The molecule has 0 amide bonds. The van der Waals surface area contributed by atoms with Crippen LogP contribution in [0, 0.1) is 6.92 Å². The van der Waals surface area contributed by atoms with E-state index in [2.05, 4.69) is 31.3 Å². The number of carbonyl (C=O) groups excluding carboxylic acids is 1. The lowest BCUT2D eigenvalue weighted by Crippen LogP contribution is -2.29. The summed E-state index contributed by atoms with van der Waals surface area (Å²) < 4.78 is 4.93. The monoisotopic (exact) mass is 303 g/mol. The lowest BCUT2D eigenvalue weighted by atomic mass is 9.99. The van der Waals surface area contributed by atoms with Gasteiger partial charge in [0.25, 0.3) is 0 Å². The molecule has 1 aromatic heterocycles. The summed E-state index contributed by atoms with van der Waals surface area (Å²) in [5, 5.41) is 3.44. The first-order chi connectivity index (χ1) is 10.1. The second-order valence-corrected chi connectivity index (χ2v) is 6.38. The minimum atomic E-state index is -0.278. The van der Waals surface area contributed by atoms with Crippen LogP contribution < -0.4 is 5.32 Å². The number of rotatable bonds is 6. The Bertz CT molecular complexity index is 579. The van der Waals surface area contributed by atoms with Gasteiger partial charge in [0.1, 0.15) is 0 Å². The number of thiophene rings is 1. The van der Waals surface area contributed by atoms with Gasteiger partial charge in [0, 0.05) is 22.3 Å². The molecular weight excluding hydrogens is 282 g/mol. The van der Waals surface area contributed by atoms with E-state index in [-0.39, 0.29) is 17.9 Å². The Kier molecular flexibility index (Phi) is 5.53. The number of nitrogens with one attached hydrogen (secondary N) is 1. The Morgan fingerprint density at radius 3 is 2.52 bits per heavy atom. The molecule has 0 radical (unpaired) electrons. The van der Waals surface area contributed by atoms with Crippen molar-refractivity contribution in [2.75, 3.05) is 13.7 Å². The number of hydrogen-bond acceptors (Lipinski definition) is 4. The molecule has 0 saturated heterocycles. The maximum absolute atomic E-state index is 12.0. The average Bonchev–Trinajstić information content (AvgIpc) is 2.94. The predicted octanol–water partition coefficient (Wildman–Crippen LogP) is 3.66. The summed E-state index contributed by atoms with van der Waals surface area (Å²) in [5.41, 5.74) is 0.978. The zero-order valence-electron chi connectivity index (χ0n) is 12.6. The van der Waals surface area contributed by atoms with E-state index in [1.165, 1.54) is 16.9 Å². The zero-order valence-corrected chi connectivity index (χ0v) is 13.4. The zero-order chi connectivity index (χ0) is 15.2. The quantitative estimate of drug-likeness (QED) is 0.828. The van der Waals surface area contributed by atoms with Crippen LogP contribution in [-0.4, -0.2) is 19.6 Å². The second kappa shape index (κ2) is 7.38. The van der Waals surface area contributed by atoms with Crippen LogP contribution in [0.3, 0.4) is 0 Å². The molecule has 0 spiro atoms. The van der Waals surface area contributed by atoms with Crippen LogP contribution in [0.1, 0.15) is 34.2 Å². The SMILES string of the molecule is COC(=O)C(CNC(C)c1ccc(C)s1)c1ccccc1. The van der Waals surface area contributed by atoms with Crippen LogP contribution >= 0.6 is 11.3 Å². The van der Waals surface area contributed by atoms with E-state index in [1.807, 2.05) is 30.3 Å². The number of hydrogen-bond donors (Lipinski definition) is 1. The standard InChI is InChI=1S/C17H21NO2S/c1-12-9-10-16(21-12)13(2)18-11-15(17(19)20-3)14-7-5-4-6-8-14/h4-10,13,15,18H,11H2,1-3H3. The molecule has 21 heavy (non-hydrogen) atoms. The highest BCUT2D eigenvalue weighted by Crippen LogP contribution is 2.23. The highest BCUT2D eigenvalue weighted by atomic mass is 32.1. The second-order valence-electron chi connectivity index (χ2n) is 5.06. The Morgan fingerprint density at radius 1 is 1.24 bits per heavy atom. The van der Waals surface area contributed by atoms with Crippen LogP contribution in [0.15, 0.2) is 42.5 Å². The van der Waals surface area contributed by atoms with Gasteiger partial charge >= 0.3 is 5.97 Å². The first-order valence-corrected chi connectivity index (χ1v) is 7.86. The van der Waals surface area contributed by atoms with Crippen molar-refractivity contribution in [3.63, 3.8) is 0 Å². The Hall–Kier alpha value is -1.65. The summed E-state index contributed by atoms with van der Waals surface area (Å²) in [6.45, 7) is 4.78. The Labute approximate surface area is 130 Å². The maximum atomic E-state index is 12.0. The molecule has 2 rings (SSSR count). The lowest BCUT2D eigenvalue weighted by Gasteiger charge is -2.19. The van der Waals surface area contributed by atoms with Gasteiger partial charge in [0.15, 0.2) is 0 Å². The minimum Gasteiger partial charge on any atom is -0.469 e. The third-order valence-electron chi connectivity index (χ3n) is 3.50. The van der Waals surface area contributed by atoms with Gasteiger partial charge in [-0.1, -0.05) is 30.3 Å². The molecule has 2 atom stereocenters. The van der Waals surface area contributed by atoms with Gasteiger partial charge in [-0.05, 0) is 31.5 Å². The third-order valence-corrected chi connectivity index (χ3v) is 4.69. The summed E-state index contributed by atoms with van der Waals surface area (Å²) in [7, 11) is 1.43. The molecule has 2 aromatic rings. The molecule has 0 aliphatic rings. The first kappa shape index (κ1) is 15.7. The van der Waals surface area contributed by atoms with Gasteiger partial charge in [0.2, 0.25) is 0 Å². The molecule has 0 aliphatic heterocycles. The van der Waals surface area contributed by atoms with E-state index in [0.717, 1.165) is 5.56 Å². The van der Waals surface area contributed by atoms with Crippen molar-refractivity contribution >= 4 is 17.3 Å². The van der Waals surface area contributed by atoms with Crippen molar-refractivity contribution < 1.29 is 9.53 Å². The van der Waals surface area contributed by atoms with Crippen molar-refractivity contribution in [3.8, 4) is 0 Å². The van der Waals surface area contributed by atoms with E-state index in [1.54, 1.807) is 11.3 Å². The van der Waals surface area contributed by atoms with Gasteiger partial charge in [-0.3, -0.25) is 4.79 Å².